The van der Waals surface area contributed by atoms with Gasteiger partial charge in [-0.25, -0.2) is 9.59 Å². The maximum Gasteiger partial charge on any atom is 0.330 e. The van der Waals surface area contributed by atoms with E-state index in [0.717, 1.165) is 44.1 Å². The predicted molar refractivity (Wildman–Crippen MR) is 191 cm³/mol. The molecule has 5 rings (SSSR count). The Morgan fingerprint density at radius 2 is 1.33 bits per heavy atom. The number of fused-ring (bicyclic) bond motifs is 7. The molecular weight excluding hydrogens is 668 g/mol. The van der Waals surface area contributed by atoms with Crippen molar-refractivity contribution in [3.8, 4) is 0 Å². The fourth-order valence-electron chi connectivity index (χ4n) is 13.1. The maximum atomic E-state index is 14.4. The molecule has 292 valence electrons. The van der Waals surface area contributed by atoms with Crippen LogP contribution in [0.4, 0.5) is 0 Å². The first-order valence-electron chi connectivity index (χ1n) is 19.2. The lowest BCUT2D eigenvalue weighted by Crippen LogP contribution is -2.70. The van der Waals surface area contributed by atoms with Gasteiger partial charge in [-0.15, -0.1) is 0 Å². The Labute approximate surface area is 308 Å². The highest BCUT2D eigenvalue weighted by atomic mass is 16.5. The van der Waals surface area contributed by atoms with E-state index < -0.39 is 66.0 Å². The number of rotatable bonds is 10. The standard InChI is InChI=1S/C40H62N2O10/c1-22(2)24-12-17-40(35(49)42-27(21-44)33(47)51-9)19-18-37(5)25(31(24)40)10-11-28-36(4)15-14-30(52-23(3)45)39(7,29(36)13-16-38(28,37)6)34(48)41-26(20-43)32(46)50-8/h24-31,43-44H,1,10-21H2,2-9H3,(H,41,48)(H,42,49)/t24-,25+,26-,27-,28+,29+,30+,31+,36+,37+,38+,39-,40-/m0/s1. The minimum Gasteiger partial charge on any atom is -0.467 e. The normalized spacial score (nSPS) is 41.7. The number of aliphatic hydroxyl groups excluding tert-OH is 2. The highest BCUT2D eigenvalue weighted by molar-refractivity contribution is 5.90. The molecule has 2 amide bonds. The molecule has 5 fully saturated rings. The lowest BCUT2D eigenvalue weighted by atomic mass is 9.32. The number of amides is 2. The van der Waals surface area contributed by atoms with Gasteiger partial charge < -0.3 is 35.1 Å². The number of nitrogens with one attached hydrogen (secondary N) is 2. The van der Waals surface area contributed by atoms with Crippen molar-refractivity contribution in [2.75, 3.05) is 27.4 Å². The molecular formula is C40H62N2O10. The quantitative estimate of drug-likeness (QED) is 0.147. The molecule has 0 aromatic carbocycles. The van der Waals surface area contributed by atoms with Gasteiger partial charge in [0.05, 0.1) is 38.3 Å². The summed E-state index contributed by atoms with van der Waals surface area (Å²) < 4.78 is 15.6. The number of aliphatic hydroxyl groups is 2. The monoisotopic (exact) mass is 730 g/mol. The first-order chi connectivity index (χ1) is 24.4. The second-order valence-corrected chi connectivity index (χ2v) is 17.7. The zero-order valence-corrected chi connectivity index (χ0v) is 32.5. The van der Waals surface area contributed by atoms with E-state index in [4.69, 9.17) is 14.2 Å². The van der Waals surface area contributed by atoms with E-state index >= 15 is 0 Å². The van der Waals surface area contributed by atoms with Crippen molar-refractivity contribution in [1.29, 1.82) is 0 Å². The smallest absolute Gasteiger partial charge is 0.330 e. The van der Waals surface area contributed by atoms with Crippen LogP contribution in [0.3, 0.4) is 0 Å². The first kappa shape index (κ1) is 40.2. The van der Waals surface area contributed by atoms with Gasteiger partial charge >= 0.3 is 17.9 Å². The van der Waals surface area contributed by atoms with Crippen LogP contribution in [-0.4, -0.2) is 85.6 Å². The molecule has 0 radical (unpaired) electrons. The molecule has 5 aliphatic carbocycles. The van der Waals surface area contributed by atoms with Crippen LogP contribution < -0.4 is 10.6 Å². The first-order valence-corrected chi connectivity index (χ1v) is 19.2. The second kappa shape index (κ2) is 14.3. The van der Waals surface area contributed by atoms with E-state index in [2.05, 4.69) is 44.9 Å². The van der Waals surface area contributed by atoms with Crippen LogP contribution in [0, 0.1) is 56.7 Å². The van der Waals surface area contributed by atoms with Crippen LogP contribution in [0.1, 0.15) is 106 Å². The molecule has 52 heavy (non-hydrogen) atoms. The number of hydrogen-bond acceptors (Lipinski definition) is 10. The predicted octanol–water partition coefficient (Wildman–Crippen LogP) is 3.86. The van der Waals surface area contributed by atoms with Gasteiger partial charge in [0, 0.05) is 6.92 Å². The average molecular weight is 731 g/mol. The van der Waals surface area contributed by atoms with Gasteiger partial charge in [-0.3, -0.25) is 14.4 Å². The number of hydrogen-bond donors (Lipinski definition) is 4. The van der Waals surface area contributed by atoms with Crippen LogP contribution in [0.2, 0.25) is 0 Å². The van der Waals surface area contributed by atoms with Crippen molar-refractivity contribution in [3.05, 3.63) is 12.2 Å². The van der Waals surface area contributed by atoms with Crippen LogP contribution in [-0.2, 0) is 38.2 Å². The maximum absolute atomic E-state index is 14.4. The molecule has 0 heterocycles. The number of carbonyl (C=O) groups excluding carboxylic acids is 5. The summed E-state index contributed by atoms with van der Waals surface area (Å²) >= 11 is 0. The molecule has 0 aromatic rings. The Hall–Kier alpha value is -2.99. The zero-order valence-electron chi connectivity index (χ0n) is 32.5. The molecule has 13 atom stereocenters. The van der Waals surface area contributed by atoms with Crippen LogP contribution in [0.5, 0.6) is 0 Å². The summed E-state index contributed by atoms with van der Waals surface area (Å²) in [5.74, 6) is -2.07. The number of methoxy groups -OCH3 is 2. The third-order valence-corrected chi connectivity index (χ3v) is 15.9. The molecule has 5 aliphatic rings. The zero-order chi connectivity index (χ0) is 38.6. The Kier molecular flexibility index (Phi) is 11.1. The SMILES string of the molecule is C=C(C)[C@@H]1CC[C@]2(C(=O)N[C@@H](CO)C(=O)OC)CC[C@]3(C)[C@H](CC[C@@H]4[C@@]5(C)CC[C@@H](OC(C)=O)[C@@](C)(C(=O)N[C@@H](CO)C(=O)OC)[C@@H]5CC[C@]43C)[C@@H]12. The van der Waals surface area contributed by atoms with E-state index in [1.54, 1.807) is 0 Å². The van der Waals surface area contributed by atoms with E-state index in [-0.39, 0.29) is 51.7 Å². The van der Waals surface area contributed by atoms with Gasteiger partial charge in [0.1, 0.15) is 6.10 Å². The van der Waals surface area contributed by atoms with E-state index in [9.17, 15) is 34.2 Å². The van der Waals surface area contributed by atoms with E-state index in [1.165, 1.54) is 21.1 Å². The highest BCUT2D eigenvalue weighted by Gasteiger charge is 2.73. The summed E-state index contributed by atoms with van der Waals surface area (Å²) in [6, 6.07) is -2.36. The fourth-order valence-corrected chi connectivity index (χ4v) is 13.1. The van der Waals surface area contributed by atoms with Gasteiger partial charge in [0.25, 0.3) is 0 Å². The molecule has 5 saturated carbocycles. The van der Waals surface area contributed by atoms with Crippen LogP contribution in [0.15, 0.2) is 12.2 Å². The molecule has 12 heteroatoms. The van der Waals surface area contributed by atoms with Crippen LogP contribution >= 0.6 is 0 Å². The van der Waals surface area contributed by atoms with Crippen molar-refractivity contribution in [1.82, 2.24) is 10.6 Å². The van der Waals surface area contributed by atoms with E-state index in [1.807, 2.05) is 6.92 Å². The van der Waals surface area contributed by atoms with Crippen molar-refractivity contribution < 1.29 is 48.4 Å². The molecule has 0 aromatic heterocycles. The topological polar surface area (TPSA) is 178 Å². The molecule has 12 nitrogen and oxygen atoms in total. The summed E-state index contributed by atoms with van der Waals surface area (Å²) in [6.45, 7) is 15.7. The minimum absolute atomic E-state index is 0.0218. The Morgan fingerprint density at radius 3 is 1.87 bits per heavy atom. The largest absolute Gasteiger partial charge is 0.467 e. The number of esters is 3. The van der Waals surface area contributed by atoms with Crippen molar-refractivity contribution in [2.45, 2.75) is 124 Å². The third kappa shape index (κ3) is 5.89. The molecule has 0 bridgehead atoms. The number of carbonyl (C=O) groups is 5. The summed E-state index contributed by atoms with van der Waals surface area (Å²) in [5.41, 5.74) is -1.39. The average Bonchev–Trinajstić information content (AvgIpc) is 3.51. The summed E-state index contributed by atoms with van der Waals surface area (Å²) in [4.78, 5) is 66.0. The molecule has 0 aliphatic heterocycles. The fraction of sp³-hybridized carbons (Fsp3) is 0.825. The Bertz CT molecular complexity index is 1470. The Balaban J connectivity index is 1.52. The van der Waals surface area contributed by atoms with Gasteiger partial charge in [-0.1, -0.05) is 32.9 Å². The lowest BCUT2D eigenvalue weighted by Gasteiger charge is -2.72. The number of ether oxygens (including phenoxy) is 3. The third-order valence-electron chi connectivity index (χ3n) is 15.9. The highest BCUT2D eigenvalue weighted by Crippen LogP contribution is 2.77. The summed E-state index contributed by atoms with van der Waals surface area (Å²) in [7, 11) is 2.45. The second-order valence-electron chi connectivity index (χ2n) is 17.7. The molecule has 4 N–H and O–H groups in total. The van der Waals surface area contributed by atoms with Gasteiger partial charge in [-0.05, 0) is 124 Å². The van der Waals surface area contributed by atoms with Crippen molar-refractivity contribution in [3.63, 3.8) is 0 Å². The van der Waals surface area contributed by atoms with Gasteiger partial charge in [0.15, 0.2) is 12.1 Å². The van der Waals surface area contributed by atoms with Gasteiger partial charge in [0.2, 0.25) is 11.8 Å². The van der Waals surface area contributed by atoms with Gasteiger partial charge in [-0.2, -0.15) is 0 Å². The summed E-state index contributed by atoms with van der Waals surface area (Å²) in [6.07, 6.45) is 6.90. The number of allylic oxidation sites excluding steroid dienone is 1. The molecule has 0 unspecified atom stereocenters. The van der Waals surface area contributed by atoms with Crippen molar-refractivity contribution in [2.24, 2.45) is 56.7 Å². The van der Waals surface area contributed by atoms with E-state index in [0.29, 0.717) is 25.7 Å². The van der Waals surface area contributed by atoms with Crippen molar-refractivity contribution >= 4 is 29.7 Å². The Morgan fingerprint density at radius 1 is 0.731 bits per heavy atom. The summed E-state index contributed by atoms with van der Waals surface area (Å²) in [5, 5.41) is 25.6. The van der Waals surface area contributed by atoms with Crippen LogP contribution in [0.25, 0.3) is 0 Å². The minimum atomic E-state index is -1.24. The molecule has 0 saturated heterocycles. The molecule has 0 spiro atoms. The lowest BCUT2D eigenvalue weighted by molar-refractivity contribution is -0.249.